The molecule has 0 aliphatic carbocycles. The maximum Gasteiger partial charge on any atom is 0.281 e. The monoisotopic (exact) mass is 215 g/mol. The van der Waals surface area contributed by atoms with E-state index in [1.54, 1.807) is 23.0 Å². The van der Waals surface area contributed by atoms with E-state index in [0.717, 1.165) is 17.9 Å². The van der Waals surface area contributed by atoms with Crippen LogP contribution < -0.4 is 0 Å². The number of aromatic nitrogens is 3. The van der Waals surface area contributed by atoms with Crippen molar-refractivity contribution in [2.75, 3.05) is 0 Å². The van der Waals surface area contributed by atoms with Crippen molar-refractivity contribution in [2.24, 2.45) is 0 Å². The number of nitrogens with zero attached hydrogens (tertiary/aromatic N) is 3. The highest BCUT2D eigenvalue weighted by Gasteiger charge is 2.12. The van der Waals surface area contributed by atoms with Crippen LogP contribution in [0, 0.1) is 6.92 Å². The lowest BCUT2D eigenvalue weighted by Crippen LogP contribution is -2.15. The molecule has 0 unspecified atom stereocenters. The zero-order chi connectivity index (χ0) is 11.5. The number of hydrogen-bond donors (Lipinski definition) is 0. The molecule has 4 nitrogen and oxygen atoms in total. The summed E-state index contributed by atoms with van der Waals surface area (Å²) in [6, 6.07) is 5.41. The van der Waals surface area contributed by atoms with Crippen molar-refractivity contribution in [3.63, 3.8) is 0 Å². The number of pyridine rings is 1. The zero-order valence-corrected chi connectivity index (χ0v) is 9.34. The predicted octanol–water partition coefficient (Wildman–Crippen LogP) is 1.84. The third kappa shape index (κ3) is 1.86. The lowest BCUT2D eigenvalue weighted by molar-refractivity contribution is 0.0951. The summed E-state index contributed by atoms with van der Waals surface area (Å²) in [5.41, 5.74) is 1.29. The van der Waals surface area contributed by atoms with E-state index in [-0.39, 0.29) is 5.91 Å². The van der Waals surface area contributed by atoms with Crippen molar-refractivity contribution in [2.45, 2.75) is 20.3 Å². The second-order valence-corrected chi connectivity index (χ2v) is 3.54. The lowest BCUT2D eigenvalue weighted by atomic mass is 10.3. The molecule has 16 heavy (non-hydrogen) atoms. The van der Waals surface area contributed by atoms with Crippen LogP contribution in [0.4, 0.5) is 0 Å². The highest BCUT2D eigenvalue weighted by atomic mass is 16.2. The van der Waals surface area contributed by atoms with Crippen LogP contribution >= 0.6 is 0 Å². The summed E-state index contributed by atoms with van der Waals surface area (Å²) in [6.45, 7) is 3.83. The standard InChI is InChI=1S/C12H13N3O/c1-3-11-13-7-8-15(11)12(16)10-6-4-5-9(2)14-10/h4-8H,3H2,1-2H3. The Morgan fingerprint density at radius 1 is 1.44 bits per heavy atom. The lowest BCUT2D eigenvalue weighted by Gasteiger charge is -2.04. The molecule has 0 aliphatic rings. The molecule has 0 aliphatic heterocycles. The molecule has 0 bridgehead atoms. The summed E-state index contributed by atoms with van der Waals surface area (Å²) in [7, 11) is 0. The van der Waals surface area contributed by atoms with E-state index in [4.69, 9.17) is 0 Å². The Morgan fingerprint density at radius 3 is 2.94 bits per heavy atom. The first kappa shape index (κ1) is 10.5. The van der Waals surface area contributed by atoms with E-state index in [0.29, 0.717) is 5.69 Å². The first-order chi connectivity index (χ1) is 7.72. The largest absolute Gasteiger partial charge is 0.281 e. The molecule has 0 fully saturated rings. The zero-order valence-electron chi connectivity index (χ0n) is 9.34. The van der Waals surface area contributed by atoms with E-state index in [1.165, 1.54) is 0 Å². The van der Waals surface area contributed by atoms with Crippen molar-refractivity contribution in [3.05, 3.63) is 47.8 Å². The second-order valence-electron chi connectivity index (χ2n) is 3.54. The second kappa shape index (κ2) is 4.26. The quantitative estimate of drug-likeness (QED) is 0.768. The minimum absolute atomic E-state index is 0.127. The number of imidazole rings is 1. The molecule has 2 aromatic heterocycles. The summed E-state index contributed by atoms with van der Waals surface area (Å²) < 4.78 is 1.54. The van der Waals surface area contributed by atoms with Gasteiger partial charge in [-0.25, -0.2) is 9.97 Å². The fraction of sp³-hybridized carbons (Fsp3) is 0.250. The summed E-state index contributed by atoms with van der Waals surface area (Å²) in [4.78, 5) is 20.4. The van der Waals surface area contributed by atoms with Gasteiger partial charge in [0.05, 0.1) is 0 Å². The van der Waals surface area contributed by atoms with Gasteiger partial charge in [-0.1, -0.05) is 13.0 Å². The van der Waals surface area contributed by atoms with Gasteiger partial charge in [0.1, 0.15) is 11.5 Å². The molecule has 0 saturated carbocycles. The van der Waals surface area contributed by atoms with Crippen LogP contribution in [0.2, 0.25) is 0 Å². The van der Waals surface area contributed by atoms with Crippen molar-refractivity contribution in [1.82, 2.24) is 14.5 Å². The smallest absolute Gasteiger partial charge is 0.268 e. The number of rotatable bonds is 2. The van der Waals surface area contributed by atoms with Crippen LogP contribution in [0.15, 0.2) is 30.6 Å². The molecule has 82 valence electrons. The van der Waals surface area contributed by atoms with E-state index in [2.05, 4.69) is 9.97 Å². The molecule has 0 amide bonds. The van der Waals surface area contributed by atoms with Crippen LogP contribution in [0.1, 0.15) is 28.9 Å². The number of aryl methyl sites for hydroxylation is 2. The van der Waals surface area contributed by atoms with Gasteiger partial charge in [0.15, 0.2) is 0 Å². The molecule has 2 heterocycles. The van der Waals surface area contributed by atoms with E-state index in [9.17, 15) is 4.79 Å². The molecular formula is C12H13N3O. The van der Waals surface area contributed by atoms with Crippen LogP contribution in [0.5, 0.6) is 0 Å². The summed E-state index contributed by atoms with van der Waals surface area (Å²) >= 11 is 0. The molecule has 0 saturated heterocycles. The highest BCUT2D eigenvalue weighted by molar-refractivity contribution is 5.94. The van der Waals surface area contributed by atoms with Gasteiger partial charge < -0.3 is 0 Å². The molecule has 0 atom stereocenters. The minimum atomic E-state index is -0.127. The Morgan fingerprint density at radius 2 is 2.25 bits per heavy atom. The highest BCUT2D eigenvalue weighted by Crippen LogP contribution is 2.05. The third-order valence-corrected chi connectivity index (χ3v) is 2.36. The minimum Gasteiger partial charge on any atom is -0.268 e. The fourth-order valence-corrected chi connectivity index (χ4v) is 1.57. The van der Waals surface area contributed by atoms with Gasteiger partial charge in [0.2, 0.25) is 0 Å². The van der Waals surface area contributed by atoms with E-state index < -0.39 is 0 Å². The van der Waals surface area contributed by atoms with Crippen LogP contribution in [0.25, 0.3) is 0 Å². The Kier molecular flexibility index (Phi) is 2.81. The van der Waals surface area contributed by atoms with Crippen LogP contribution in [0.3, 0.4) is 0 Å². The molecular weight excluding hydrogens is 202 g/mol. The molecule has 0 spiro atoms. The van der Waals surface area contributed by atoms with E-state index in [1.807, 2.05) is 26.0 Å². The maximum atomic E-state index is 12.1. The Labute approximate surface area is 94.0 Å². The SMILES string of the molecule is CCc1nccn1C(=O)c1cccc(C)n1. The topological polar surface area (TPSA) is 47.8 Å². The fourth-order valence-electron chi connectivity index (χ4n) is 1.57. The van der Waals surface area contributed by atoms with Crippen LogP contribution in [-0.4, -0.2) is 20.4 Å². The molecule has 4 heteroatoms. The summed E-state index contributed by atoms with van der Waals surface area (Å²) in [5, 5.41) is 0. The first-order valence-corrected chi connectivity index (χ1v) is 5.23. The van der Waals surface area contributed by atoms with Gasteiger partial charge in [-0.2, -0.15) is 0 Å². The number of carbonyl (C=O) groups excluding carboxylic acids is 1. The van der Waals surface area contributed by atoms with Crippen molar-refractivity contribution >= 4 is 5.91 Å². The van der Waals surface area contributed by atoms with Crippen LogP contribution in [-0.2, 0) is 6.42 Å². The molecule has 0 radical (unpaired) electrons. The van der Waals surface area contributed by atoms with Crippen molar-refractivity contribution in [1.29, 1.82) is 0 Å². The maximum absolute atomic E-state index is 12.1. The first-order valence-electron chi connectivity index (χ1n) is 5.23. The van der Waals surface area contributed by atoms with Gasteiger partial charge in [-0.05, 0) is 19.1 Å². The Balaban J connectivity index is 2.39. The van der Waals surface area contributed by atoms with Gasteiger partial charge >= 0.3 is 0 Å². The van der Waals surface area contributed by atoms with Crippen molar-refractivity contribution in [3.8, 4) is 0 Å². The molecule has 2 rings (SSSR count). The third-order valence-electron chi connectivity index (χ3n) is 2.36. The Hall–Kier alpha value is -1.97. The molecule has 0 N–H and O–H groups in total. The Bertz CT molecular complexity index is 516. The average molecular weight is 215 g/mol. The summed E-state index contributed by atoms with van der Waals surface area (Å²) in [5.74, 6) is 0.631. The summed E-state index contributed by atoms with van der Waals surface area (Å²) in [6.07, 6.45) is 4.03. The normalized spacial score (nSPS) is 10.4. The number of hydrogen-bond acceptors (Lipinski definition) is 3. The van der Waals surface area contributed by atoms with Gasteiger partial charge in [0, 0.05) is 24.5 Å². The van der Waals surface area contributed by atoms with Crippen molar-refractivity contribution < 1.29 is 4.79 Å². The van der Waals surface area contributed by atoms with Gasteiger partial charge in [-0.3, -0.25) is 9.36 Å². The predicted molar refractivity (Wildman–Crippen MR) is 60.3 cm³/mol. The molecule has 2 aromatic rings. The van der Waals surface area contributed by atoms with Gasteiger partial charge in [0.25, 0.3) is 5.91 Å². The van der Waals surface area contributed by atoms with Gasteiger partial charge in [-0.15, -0.1) is 0 Å². The average Bonchev–Trinajstić information content (AvgIpc) is 2.76. The molecule has 0 aromatic carbocycles. The van der Waals surface area contributed by atoms with E-state index >= 15 is 0 Å². The number of carbonyl (C=O) groups is 1.